The van der Waals surface area contributed by atoms with E-state index in [2.05, 4.69) is 70.2 Å². The van der Waals surface area contributed by atoms with Crippen LogP contribution in [-0.2, 0) is 55.8 Å². The first-order chi connectivity index (χ1) is 63.9. The predicted octanol–water partition coefficient (Wildman–Crippen LogP) is 8.29. The van der Waals surface area contributed by atoms with Gasteiger partial charge in [-0.25, -0.2) is 29.3 Å². The van der Waals surface area contributed by atoms with E-state index in [0.29, 0.717) is 87.6 Å². The number of aromatic nitrogens is 8. The zero-order valence-electron chi connectivity index (χ0n) is 73.1. The Kier molecular flexibility index (Phi) is 28.6. The van der Waals surface area contributed by atoms with E-state index in [9.17, 15) is 47.9 Å². The summed E-state index contributed by atoms with van der Waals surface area (Å²) in [7, 11) is 0. The van der Waals surface area contributed by atoms with E-state index < -0.39 is 59.3 Å². The maximum absolute atomic E-state index is 13.4. The molecule has 6 aliphatic heterocycles. The number of carbonyl (C=O) groups excluding carboxylic acids is 10. The van der Waals surface area contributed by atoms with Crippen LogP contribution in [-0.4, -0.2) is 270 Å². The summed E-state index contributed by atoms with van der Waals surface area (Å²) in [6.07, 6.45) is 12.4. The summed E-state index contributed by atoms with van der Waals surface area (Å²) >= 11 is 0. The monoisotopic (exact) mass is 1780 g/mol. The Morgan fingerprint density at radius 2 is 0.771 bits per heavy atom. The number of fused-ring (bicyclic) bond motifs is 4. The molecule has 682 valence electrons. The minimum absolute atomic E-state index is 0.0464. The van der Waals surface area contributed by atoms with Crippen LogP contribution in [0.3, 0.4) is 0 Å². The second-order valence-corrected chi connectivity index (χ2v) is 34.2. The van der Waals surface area contributed by atoms with Crippen LogP contribution in [0.25, 0.3) is 44.6 Å². The van der Waals surface area contributed by atoms with E-state index >= 15 is 0 Å². The number of hydrogen-bond acceptors (Lipinski definition) is 27. The smallest absolute Gasteiger partial charge is 0.262 e. The number of nitrogens with one attached hydrogen (secondary N) is 4. The van der Waals surface area contributed by atoms with E-state index in [1.807, 2.05) is 109 Å². The molecule has 10 amide bonds. The summed E-state index contributed by atoms with van der Waals surface area (Å²) in [5.41, 5.74) is 19.8. The molecule has 35 heteroatoms. The van der Waals surface area contributed by atoms with Crippen LogP contribution in [0.15, 0.2) is 158 Å². The van der Waals surface area contributed by atoms with E-state index in [1.54, 1.807) is 36.4 Å². The molecule has 4 saturated heterocycles. The van der Waals surface area contributed by atoms with Crippen molar-refractivity contribution < 1.29 is 71.6 Å². The number of hydrogen-bond donors (Lipinski definition) is 6. The number of ether oxygens (including phenoxy) is 5. The van der Waals surface area contributed by atoms with Crippen molar-refractivity contribution in [2.24, 2.45) is 0 Å². The maximum atomic E-state index is 13.4. The molecule has 6 aromatic carbocycles. The third-order valence-corrected chi connectivity index (χ3v) is 26.1. The molecule has 0 spiro atoms. The minimum atomic E-state index is -1.04. The fourth-order valence-corrected chi connectivity index (χ4v) is 19.2. The van der Waals surface area contributed by atoms with Gasteiger partial charge in [0, 0.05) is 127 Å². The van der Waals surface area contributed by atoms with Crippen LogP contribution < -0.4 is 42.2 Å². The highest BCUT2D eigenvalue weighted by molar-refractivity contribution is 6.25. The number of aryl methyl sites for hydroxylation is 2. The topological polar surface area (TPSA) is 424 Å². The molecule has 2 aliphatic carbocycles. The molecule has 10 aromatic rings. The number of amides is 10. The number of rotatable bonds is 33. The maximum Gasteiger partial charge on any atom is 0.262 e. The molecule has 0 bridgehead atoms. The van der Waals surface area contributed by atoms with Crippen molar-refractivity contribution >= 4 is 92.8 Å². The molecule has 131 heavy (non-hydrogen) atoms. The number of nitrogen functional groups attached to an aromatic ring is 2. The highest BCUT2D eigenvalue weighted by Crippen LogP contribution is 2.42. The number of benzene rings is 6. The van der Waals surface area contributed by atoms with Gasteiger partial charge in [0.1, 0.15) is 70.8 Å². The number of anilines is 2. The Morgan fingerprint density at radius 1 is 0.397 bits per heavy atom. The van der Waals surface area contributed by atoms with Crippen LogP contribution in [0.5, 0.6) is 23.0 Å². The number of nitrogens with two attached hydrogens (primary N) is 2. The summed E-state index contributed by atoms with van der Waals surface area (Å²) < 4.78 is 33.6. The number of piperidine rings is 2. The Balaban J connectivity index is 0.000000183. The van der Waals surface area contributed by atoms with E-state index in [-0.39, 0.29) is 97.5 Å². The van der Waals surface area contributed by atoms with Crippen LogP contribution in [0.2, 0.25) is 0 Å². The summed E-state index contributed by atoms with van der Waals surface area (Å²) in [6, 6.07) is 44.5. The number of imide groups is 4. The minimum Gasteiger partial charge on any atom is -0.457 e. The van der Waals surface area contributed by atoms with Gasteiger partial charge in [-0.15, -0.1) is 0 Å². The molecule has 10 heterocycles. The Morgan fingerprint density at radius 3 is 1.17 bits per heavy atom. The standard InChI is InChI=1S/C49H56N10O8.C47H52N10O7/c50-45-43-44(33-9-16-37(17-10-33)67-36-6-2-1-3-7-36)55-59(46(43)53-31-52-45)35-14-12-34(13-15-35)57-24-22-56(23-25-57)26-28-66-30-29-65-27-21-51-40(60)19-11-32-5-4-8-38-42(32)49(64)58(48(38)63)39-18-20-41(61)54-47(39)62;48-43-41-42(31-9-16-35(17-10-31)64-34-6-2-1-3-7-34)53-57(44(41)51-29-50-43)33-14-12-32(13-15-33)55-24-22-54(23-25-55)26-28-63-27-21-49-38(58)19-11-30-5-4-8-36-40(30)47(62)56(46(36)61)37-18-20-39(59)52-45(37)60/h1-10,16-17,31,34-35,39H,11-15,18-30H2,(H,51,60)(H2,50,52,53)(H,54,61,62);1-10,16-17,29,32-33,37H,11-15,18-28H2,(H,49,58)(H2,48,50,51)(H,52,59,60). The molecular weight excluding hydrogens is 1670 g/mol. The molecule has 8 aliphatic rings. The van der Waals surface area contributed by atoms with Gasteiger partial charge in [0.25, 0.3) is 23.6 Å². The summed E-state index contributed by atoms with van der Waals surface area (Å²) in [4.78, 5) is 156. The second kappa shape index (κ2) is 41.7. The number of para-hydroxylation sites is 2. The molecule has 4 aromatic heterocycles. The van der Waals surface area contributed by atoms with Gasteiger partial charge in [-0.05, 0) is 173 Å². The average molecular weight is 1780 g/mol. The Hall–Kier alpha value is -13.2. The molecule has 2 unspecified atom stereocenters. The SMILES string of the molecule is Nc1ncnc2c1c(-c1ccc(Oc3ccccc3)cc1)nn2C1CCC(N2CCN(CCOCCNC(=O)CCc3cccc4c3C(=O)N(C3CCC(=O)NC3=O)C4=O)CC2)CC1.Nc1ncnc2c1c(-c1ccc(Oc3ccccc3)cc1)nn2C1CCC(N2CCN(CCOCCOCCNC(=O)CCc3cccc4c3C(=O)N(C3CCC(=O)NC3=O)C4=O)CC2)CC1. The zero-order valence-corrected chi connectivity index (χ0v) is 73.1. The molecule has 35 nitrogen and oxygen atoms in total. The molecule has 0 radical (unpaired) electrons. The molecule has 2 saturated carbocycles. The van der Waals surface area contributed by atoms with Crippen molar-refractivity contribution in [3.05, 3.63) is 192 Å². The second-order valence-electron chi connectivity index (χ2n) is 34.2. The first-order valence-corrected chi connectivity index (χ1v) is 45.4. The fraction of sp³-hybridized carbons (Fsp3) is 0.417. The fourth-order valence-electron chi connectivity index (χ4n) is 19.2. The van der Waals surface area contributed by atoms with Crippen molar-refractivity contribution in [1.29, 1.82) is 0 Å². The quantitative estimate of drug-likeness (QED) is 0.0166. The first kappa shape index (κ1) is 89.8. The third kappa shape index (κ3) is 20.9. The van der Waals surface area contributed by atoms with Gasteiger partial charge in [0.05, 0.1) is 84.8 Å². The lowest BCUT2D eigenvalue weighted by atomic mass is 9.90. The Bertz CT molecular complexity index is 5830. The van der Waals surface area contributed by atoms with Crippen molar-refractivity contribution in [2.45, 2.75) is 139 Å². The van der Waals surface area contributed by atoms with Crippen LogP contribution in [0.4, 0.5) is 11.6 Å². The van der Waals surface area contributed by atoms with E-state index in [1.165, 1.54) is 12.7 Å². The van der Waals surface area contributed by atoms with Gasteiger partial charge in [-0.1, -0.05) is 60.7 Å². The first-order valence-electron chi connectivity index (χ1n) is 45.4. The molecular formula is C96H108N20O15. The molecule has 8 N–H and O–H groups in total. The predicted molar refractivity (Wildman–Crippen MR) is 483 cm³/mol. The van der Waals surface area contributed by atoms with Gasteiger partial charge in [0.2, 0.25) is 35.4 Å². The van der Waals surface area contributed by atoms with E-state index in [0.717, 1.165) is 194 Å². The van der Waals surface area contributed by atoms with Crippen LogP contribution >= 0.6 is 0 Å². The number of piperazine rings is 2. The van der Waals surface area contributed by atoms with Crippen molar-refractivity contribution in [2.75, 3.05) is 130 Å². The lowest BCUT2D eigenvalue weighted by Crippen LogP contribution is -2.54. The van der Waals surface area contributed by atoms with E-state index in [4.69, 9.17) is 45.3 Å². The van der Waals surface area contributed by atoms with Gasteiger partial charge in [-0.3, -0.25) is 88.0 Å². The van der Waals surface area contributed by atoms with Crippen LogP contribution in [0, 0.1) is 0 Å². The molecule has 6 fully saturated rings. The van der Waals surface area contributed by atoms with Crippen molar-refractivity contribution in [1.82, 2.24) is 90.2 Å². The van der Waals surface area contributed by atoms with Gasteiger partial charge in [-0.2, -0.15) is 10.2 Å². The summed E-state index contributed by atoms with van der Waals surface area (Å²) in [5.74, 6) is -0.985. The highest BCUT2D eigenvalue weighted by Gasteiger charge is 2.48. The average Bonchev–Trinajstić information content (AvgIpc) is 1.64. The summed E-state index contributed by atoms with van der Waals surface area (Å²) in [6.45, 7) is 13.1. The highest BCUT2D eigenvalue weighted by atomic mass is 16.5. The normalized spacial score (nSPS) is 20.5. The van der Waals surface area contributed by atoms with Crippen molar-refractivity contribution in [3.63, 3.8) is 0 Å². The largest absolute Gasteiger partial charge is 0.457 e. The van der Waals surface area contributed by atoms with Gasteiger partial charge in [0.15, 0.2) is 11.3 Å². The third-order valence-electron chi connectivity index (χ3n) is 26.1. The molecule has 18 rings (SSSR count). The number of nitrogens with zero attached hydrogens (tertiary/aromatic N) is 14. The van der Waals surface area contributed by atoms with Gasteiger partial charge < -0.3 is 45.8 Å². The molecule has 2 atom stereocenters. The van der Waals surface area contributed by atoms with Crippen molar-refractivity contribution in [3.8, 4) is 45.5 Å². The van der Waals surface area contributed by atoms with Gasteiger partial charge >= 0.3 is 0 Å². The summed E-state index contributed by atoms with van der Waals surface area (Å²) in [5, 5.41) is 21.9. The lowest BCUT2D eigenvalue weighted by Gasteiger charge is -2.42. The zero-order chi connectivity index (χ0) is 90.4. The lowest BCUT2D eigenvalue weighted by molar-refractivity contribution is -0.137. The Labute approximate surface area is 756 Å². The number of carbonyl (C=O) groups is 10. The van der Waals surface area contributed by atoms with Crippen LogP contribution in [0.1, 0.15) is 155 Å².